The van der Waals surface area contributed by atoms with Gasteiger partial charge < -0.3 is 14.2 Å². The van der Waals surface area contributed by atoms with Crippen LogP contribution in [-0.4, -0.2) is 48.7 Å². The van der Waals surface area contributed by atoms with E-state index in [9.17, 15) is 14.4 Å². The fourth-order valence-corrected chi connectivity index (χ4v) is 9.24. The Hall–Kier alpha value is -1.92. The van der Waals surface area contributed by atoms with Crippen LogP contribution in [0.25, 0.3) is 0 Å². The van der Waals surface area contributed by atoms with Gasteiger partial charge in [0.05, 0.1) is 19.6 Å². The van der Waals surface area contributed by atoms with Gasteiger partial charge in [0, 0.05) is 19.3 Å². The van der Waals surface area contributed by atoms with Crippen LogP contribution in [-0.2, 0) is 33.8 Å². The summed E-state index contributed by atoms with van der Waals surface area (Å²) in [4.78, 5) is 41.0. The van der Waals surface area contributed by atoms with Crippen molar-refractivity contribution in [1.29, 1.82) is 0 Å². The second kappa shape index (κ2) is 45.5. The lowest BCUT2D eigenvalue weighted by Crippen LogP contribution is -2.55. The predicted molar refractivity (Wildman–Crippen MR) is 292 cm³/mol. The molecule has 1 aromatic heterocycles. The van der Waals surface area contributed by atoms with Crippen LogP contribution in [0.1, 0.15) is 271 Å². The summed E-state index contributed by atoms with van der Waals surface area (Å²) in [6.45, 7) is 6.85. The van der Waals surface area contributed by atoms with Crippen molar-refractivity contribution in [1.82, 2.24) is 13.7 Å². The average molecular weight is 983 g/mol. The Bertz CT molecular complexity index is 1320. The Morgan fingerprint density at radius 3 is 0.652 bits per heavy atom. The summed E-state index contributed by atoms with van der Waals surface area (Å²) < 4.78 is 20.7. The van der Waals surface area contributed by atoms with Crippen LogP contribution < -0.4 is 17.1 Å². The van der Waals surface area contributed by atoms with Crippen LogP contribution in [0.5, 0.6) is 0 Å². The van der Waals surface area contributed by atoms with Crippen molar-refractivity contribution in [2.45, 2.75) is 291 Å². The van der Waals surface area contributed by atoms with E-state index < -0.39 is 17.1 Å². The third-order valence-corrected chi connectivity index (χ3v) is 13.8. The van der Waals surface area contributed by atoms with Gasteiger partial charge in [-0.05, 0) is 55.9 Å². The third kappa shape index (κ3) is 34.4. The quantitative estimate of drug-likeness (QED) is 0.0467. The van der Waals surface area contributed by atoms with Gasteiger partial charge in [-0.1, -0.05) is 233 Å². The highest BCUT2D eigenvalue weighted by Crippen LogP contribution is 2.16. The minimum atomic E-state index is -0.699. The molecule has 1 heterocycles. The molecule has 0 atom stereocenters. The predicted octanol–water partition coefficient (Wildman–Crippen LogP) is 15.5. The van der Waals surface area contributed by atoms with Crippen molar-refractivity contribution in [3.8, 4) is 0 Å². The maximum Gasteiger partial charge on any atom is 0.336 e. The summed E-state index contributed by atoms with van der Waals surface area (Å²) in [6.07, 6.45) is 47.6. The molecule has 0 aliphatic carbocycles. The van der Waals surface area contributed by atoms with Gasteiger partial charge in [-0.25, -0.2) is 28.1 Å². The summed E-state index contributed by atoms with van der Waals surface area (Å²) in [5, 5.41) is 1.44. The molecule has 0 saturated heterocycles. The number of unbranched alkanes of at least 4 members (excludes halogenated alkanes) is 33. The zero-order valence-corrected chi connectivity index (χ0v) is 45.3. The van der Waals surface area contributed by atoms with Crippen molar-refractivity contribution < 1.29 is 14.2 Å². The number of hydrogen-bond donors (Lipinski definition) is 0. The number of hydrogen-bond acceptors (Lipinski definition) is 9. The maximum absolute atomic E-state index is 13.7. The molecule has 0 aliphatic rings. The van der Waals surface area contributed by atoms with Crippen LogP contribution in [0.15, 0.2) is 14.4 Å². The Kier molecular flexibility index (Phi) is 42.8. The molecule has 1 rings (SSSR count). The molecular formula is C54H99N3O6S3. The fraction of sp³-hybridized carbons (Fsp3) is 0.889. The monoisotopic (exact) mass is 982 g/mol. The van der Waals surface area contributed by atoms with Crippen LogP contribution in [0.4, 0.5) is 0 Å². The van der Waals surface area contributed by atoms with E-state index in [4.69, 9.17) is 50.9 Å². The minimum Gasteiger partial charge on any atom is -0.485 e. The van der Waals surface area contributed by atoms with Crippen molar-refractivity contribution in [2.24, 2.45) is 0 Å². The zero-order valence-electron chi connectivity index (χ0n) is 42.8. The van der Waals surface area contributed by atoms with Crippen molar-refractivity contribution in [3.63, 3.8) is 0 Å². The van der Waals surface area contributed by atoms with Crippen molar-refractivity contribution in [2.75, 3.05) is 19.8 Å². The highest BCUT2D eigenvalue weighted by Gasteiger charge is 2.17. The molecule has 0 aliphatic heterocycles. The van der Waals surface area contributed by atoms with Gasteiger partial charge in [0.1, 0.15) is 19.8 Å². The first-order valence-electron chi connectivity index (χ1n) is 27.7. The van der Waals surface area contributed by atoms with Crippen LogP contribution in [0.3, 0.4) is 0 Å². The van der Waals surface area contributed by atoms with Crippen LogP contribution >= 0.6 is 36.7 Å². The van der Waals surface area contributed by atoms with Crippen LogP contribution in [0.2, 0.25) is 0 Å². The lowest BCUT2D eigenvalue weighted by molar-refractivity contribution is 0.247. The summed E-state index contributed by atoms with van der Waals surface area (Å²) in [6, 6.07) is 0. The molecule has 0 radical (unpaired) electrons. The van der Waals surface area contributed by atoms with Gasteiger partial charge in [0.2, 0.25) is 0 Å². The summed E-state index contributed by atoms with van der Waals surface area (Å²) in [5.74, 6) is 0. The van der Waals surface area contributed by atoms with Gasteiger partial charge in [-0.15, -0.1) is 0 Å². The fourth-order valence-electron chi connectivity index (χ4n) is 8.56. The Morgan fingerprint density at radius 1 is 0.303 bits per heavy atom. The second-order valence-corrected chi connectivity index (χ2v) is 20.2. The molecule has 0 amide bonds. The van der Waals surface area contributed by atoms with E-state index in [2.05, 4.69) is 20.8 Å². The molecule has 1 aromatic rings. The molecule has 0 aromatic carbocycles. The van der Waals surface area contributed by atoms with Gasteiger partial charge in [-0.2, -0.15) is 0 Å². The van der Waals surface area contributed by atoms with E-state index in [1.54, 1.807) is 0 Å². The van der Waals surface area contributed by atoms with E-state index in [1.807, 2.05) is 0 Å². The smallest absolute Gasteiger partial charge is 0.336 e. The highest BCUT2D eigenvalue weighted by molar-refractivity contribution is 7.80. The van der Waals surface area contributed by atoms with Gasteiger partial charge in [0.25, 0.3) is 0 Å². The van der Waals surface area contributed by atoms with Crippen molar-refractivity contribution >= 4 is 51.8 Å². The second-order valence-electron chi connectivity index (χ2n) is 18.9. The first kappa shape index (κ1) is 62.1. The van der Waals surface area contributed by atoms with Crippen LogP contribution in [0, 0.1) is 0 Å². The molecular weight excluding hydrogens is 883 g/mol. The molecule has 0 N–H and O–H groups in total. The highest BCUT2D eigenvalue weighted by atomic mass is 32.1. The summed E-state index contributed by atoms with van der Waals surface area (Å²) in [5.41, 5.74) is -2.10. The van der Waals surface area contributed by atoms with E-state index in [1.165, 1.54) is 193 Å². The molecule has 12 heteroatoms. The molecule has 0 unspecified atom stereocenters. The standard InChI is InChI=1S/C54H99N3O6S3/c1-4-7-10-13-16-19-22-25-28-31-34-37-40-49(64)61-46-43-55-52(58)56(44-47-62-50(65)41-38-35-32-29-26-23-20-17-14-11-8-5-2)54(60)57(53(55)59)45-48-63-51(66)42-39-36-33-30-27-24-21-18-15-12-9-6-3/h4-48H2,1-3H3. The maximum atomic E-state index is 13.7. The molecule has 0 saturated carbocycles. The first-order chi connectivity index (χ1) is 32.3. The molecule has 66 heavy (non-hydrogen) atoms. The summed E-state index contributed by atoms with van der Waals surface area (Å²) in [7, 11) is 0. The number of ether oxygens (including phenoxy) is 3. The Morgan fingerprint density at radius 2 is 0.470 bits per heavy atom. The molecule has 0 bridgehead atoms. The SMILES string of the molecule is CCCCCCCCCCCCCCC(=S)OCCn1c(=O)n(CCOC(=S)CCCCCCCCCCCCCC)c(=O)n(CCOC(=S)CCCCCCCCCCCCCC)c1=O. The van der Waals surface area contributed by atoms with E-state index in [0.29, 0.717) is 34.4 Å². The number of nitrogens with zero attached hydrogens (tertiary/aromatic N) is 3. The average Bonchev–Trinajstić information content (AvgIpc) is 3.30. The van der Waals surface area contributed by atoms with E-state index in [-0.39, 0.29) is 39.5 Å². The van der Waals surface area contributed by atoms with Gasteiger partial charge in [-0.3, -0.25) is 0 Å². The molecule has 384 valence electrons. The summed E-state index contributed by atoms with van der Waals surface area (Å²) >= 11 is 16.5. The van der Waals surface area contributed by atoms with Gasteiger partial charge >= 0.3 is 17.1 Å². The zero-order chi connectivity index (χ0) is 48.1. The Labute approximate surface area is 419 Å². The minimum absolute atomic E-state index is 0.0347. The number of rotatable bonds is 48. The first-order valence-corrected chi connectivity index (χ1v) is 28.9. The van der Waals surface area contributed by atoms with E-state index >= 15 is 0 Å². The lowest BCUT2D eigenvalue weighted by Gasteiger charge is -2.15. The third-order valence-electron chi connectivity index (χ3n) is 12.8. The van der Waals surface area contributed by atoms with Gasteiger partial charge in [0.15, 0.2) is 15.2 Å². The normalized spacial score (nSPS) is 11.3. The van der Waals surface area contributed by atoms with E-state index in [0.717, 1.165) is 52.2 Å². The topological polar surface area (TPSA) is 93.7 Å². The molecule has 9 nitrogen and oxygen atoms in total. The Balaban J connectivity index is 2.64. The molecule has 0 fully saturated rings. The van der Waals surface area contributed by atoms with Crippen molar-refractivity contribution in [3.05, 3.63) is 31.5 Å². The number of aromatic nitrogens is 3. The number of thiocarbonyl (C=S) groups is 3. The molecule has 0 spiro atoms. The lowest BCUT2D eigenvalue weighted by atomic mass is 10.0. The largest absolute Gasteiger partial charge is 0.485 e.